The number of amides is 2. The summed E-state index contributed by atoms with van der Waals surface area (Å²) in [6.07, 6.45) is 5.47. The number of urea groups is 1. The minimum absolute atomic E-state index is 0.0854. The highest BCUT2D eigenvalue weighted by Gasteiger charge is 2.45. The Morgan fingerprint density at radius 1 is 1.05 bits per heavy atom. The molecule has 0 aromatic rings. The molecule has 5 nitrogen and oxygen atoms in total. The predicted octanol–water partition coefficient (Wildman–Crippen LogP) is 2.95. The van der Waals surface area contributed by atoms with Gasteiger partial charge in [-0.3, -0.25) is 0 Å². The molecule has 2 heterocycles. The van der Waals surface area contributed by atoms with Gasteiger partial charge in [0, 0.05) is 19.6 Å². The fourth-order valence-electron chi connectivity index (χ4n) is 3.41. The van der Waals surface area contributed by atoms with E-state index in [1.54, 1.807) is 11.8 Å². The number of carboxylic acids is 1. The summed E-state index contributed by atoms with van der Waals surface area (Å²) in [7, 11) is 0. The molecule has 2 amide bonds. The number of nitrogens with zero attached hydrogens (tertiary/aromatic N) is 2. The number of hydrogen-bond acceptors (Lipinski definition) is 2. The minimum Gasteiger partial charge on any atom is -0.480 e. The van der Waals surface area contributed by atoms with Gasteiger partial charge in [-0.2, -0.15) is 0 Å². The Morgan fingerprint density at radius 2 is 1.67 bits per heavy atom. The quantitative estimate of drug-likeness (QED) is 0.852. The molecule has 0 bridgehead atoms. The van der Waals surface area contributed by atoms with Gasteiger partial charge in [0.1, 0.15) is 5.54 Å². The lowest BCUT2D eigenvalue weighted by Crippen LogP contribution is -2.61. The molecule has 2 fully saturated rings. The molecule has 0 spiro atoms. The molecule has 1 N–H and O–H groups in total. The molecule has 0 aromatic heterocycles. The van der Waals surface area contributed by atoms with E-state index in [0.717, 1.165) is 45.2 Å². The molecule has 120 valence electrons. The standard InChI is InChI=1S/C16H28N2O3/c1-4-15(2)8-11-17(12-9-15)14(21)18-10-6-5-7-16(18,3)13(19)20/h4-12H2,1-3H3,(H,19,20). The van der Waals surface area contributed by atoms with E-state index in [2.05, 4.69) is 13.8 Å². The molecule has 21 heavy (non-hydrogen) atoms. The zero-order chi connectivity index (χ0) is 15.7. The van der Waals surface area contributed by atoms with Gasteiger partial charge in [-0.05, 0) is 44.4 Å². The molecule has 2 aliphatic rings. The maximum atomic E-state index is 12.8. The Bertz CT molecular complexity index is 416. The van der Waals surface area contributed by atoms with Crippen molar-refractivity contribution in [2.75, 3.05) is 19.6 Å². The Labute approximate surface area is 127 Å². The number of aliphatic carboxylic acids is 1. The third-order valence-electron chi connectivity index (χ3n) is 5.68. The normalized spacial score (nSPS) is 29.3. The van der Waals surface area contributed by atoms with Gasteiger partial charge < -0.3 is 14.9 Å². The van der Waals surface area contributed by atoms with Crippen LogP contribution in [0.3, 0.4) is 0 Å². The van der Waals surface area contributed by atoms with E-state index in [0.29, 0.717) is 18.4 Å². The summed E-state index contributed by atoms with van der Waals surface area (Å²) < 4.78 is 0. The zero-order valence-corrected chi connectivity index (χ0v) is 13.5. The van der Waals surface area contributed by atoms with Crippen molar-refractivity contribution in [3.63, 3.8) is 0 Å². The van der Waals surface area contributed by atoms with Gasteiger partial charge in [0.25, 0.3) is 0 Å². The molecule has 1 atom stereocenters. The average Bonchev–Trinajstić information content (AvgIpc) is 2.48. The van der Waals surface area contributed by atoms with Gasteiger partial charge in [-0.1, -0.05) is 20.3 Å². The van der Waals surface area contributed by atoms with Gasteiger partial charge in [0.15, 0.2) is 0 Å². The Hall–Kier alpha value is -1.26. The first kappa shape index (κ1) is 16.1. The monoisotopic (exact) mass is 296 g/mol. The van der Waals surface area contributed by atoms with Crippen LogP contribution in [0.5, 0.6) is 0 Å². The summed E-state index contributed by atoms with van der Waals surface area (Å²) in [4.78, 5) is 27.8. The van der Waals surface area contributed by atoms with Gasteiger partial charge in [-0.25, -0.2) is 9.59 Å². The summed E-state index contributed by atoms with van der Waals surface area (Å²) in [6, 6.07) is -0.0854. The number of carbonyl (C=O) groups is 2. The van der Waals surface area contributed by atoms with Crippen LogP contribution < -0.4 is 0 Å². The van der Waals surface area contributed by atoms with Gasteiger partial charge in [-0.15, -0.1) is 0 Å². The SMILES string of the molecule is CCC1(C)CCN(C(=O)N2CCCCC2(C)C(=O)O)CC1. The summed E-state index contributed by atoms with van der Waals surface area (Å²) in [5.74, 6) is -0.883. The lowest BCUT2D eigenvalue weighted by molar-refractivity contribution is -0.151. The van der Waals surface area contributed by atoms with Crippen molar-refractivity contribution in [2.45, 2.75) is 64.8 Å². The summed E-state index contributed by atoms with van der Waals surface area (Å²) in [5, 5.41) is 9.52. The van der Waals surface area contributed by atoms with Crippen LogP contribution >= 0.6 is 0 Å². The summed E-state index contributed by atoms with van der Waals surface area (Å²) in [5.41, 5.74) is -0.713. The molecule has 2 aliphatic heterocycles. The number of hydrogen-bond donors (Lipinski definition) is 1. The Morgan fingerprint density at radius 3 is 2.19 bits per heavy atom. The van der Waals surface area contributed by atoms with E-state index in [1.165, 1.54) is 0 Å². The van der Waals surface area contributed by atoms with Crippen LogP contribution in [0.25, 0.3) is 0 Å². The van der Waals surface area contributed by atoms with Crippen LogP contribution in [0.2, 0.25) is 0 Å². The third-order valence-corrected chi connectivity index (χ3v) is 5.68. The molecular formula is C16H28N2O3. The highest BCUT2D eigenvalue weighted by Crippen LogP contribution is 2.35. The second kappa shape index (κ2) is 5.85. The Kier molecular flexibility index (Phi) is 4.49. The van der Waals surface area contributed by atoms with Crippen molar-refractivity contribution in [3.8, 4) is 0 Å². The van der Waals surface area contributed by atoms with Crippen molar-refractivity contribution in [2.24, 2.45) is 5.41 Å². The Balaban J connectivity index is 2.07. The van der Waals surface area contributed by atoms with Crippen molar-refractivity contribution < 1.29 is 14.7 Å². The average molecular weight is 296 g/mol. The third kappa shape index (κ3) is 3.01. The highest BCUT2D eigenvalue weighted by atomic mass is 16.4. The highest BCUT2D eigenvalue weighted by molar-refractivity contribution is 5.86. The second-order valence-corrected chi connectivity index (χ2v) is 7.12. The lowest BCUT2D eigenvalue weighted by atomic mass is 9.78. The van der Waals surface area contributed by atoms with Crippen LogP contribution in [-0.2, 0) is 4.79 Å². The van der Waals surface area contributed by atoms with E-state index in [4.69, 9.17) is 0 Å². The van der Waals surface area contributed by atoms with Crippen molar-refractivity contribution in [1.29, 1.82) is 0 Å². The van der Waals surface area contributed by atoms with Crippen LogP contribution in [-0.4, -0.2) is 52.1 Å². The van der Waals surface area contributed by atoms with E-state index < -0.39 is 11.5 Å². The zero-order valence-electron chi connectivity index (χ0n) is 13.5. The molecule has 1 unspecified atom stereocenters. The van der Waals surface area contributed by atoms with Gasteiger partial charge in [0.2, 0.25) is 0 Å². The topological polar surface area (TPSA) is 60.9 Å². The van der Waals surface area contributed by atoms with Crippen molar-refractivity contribution in [1.82, 2.24) is 9.80 Å². The number of rotatable bonds is 2. The second-order valence-electron chi connectivity index (χ2n) is 7.12. The van der Waals surface area contributed by atoms with Gasteiger partial charge >= 0.3 is 12.0 Å². The van der Waals surface area contributed by atoms with E-state index >= 15 is 0 Å². The number of piperidine rings is 2. The van der Waals surface area contributed by atoms with Gasteiger partial charge in [0.05, 0.1) is 0 Å². The number of carbonyl (C=O) groups excluding carboxylic acids is 1. The van der Waals surface area contributed by atoms with E-state index in [1.807, 2.05) is 4.90 Å². The molecule has 0 aromatic carbocycles. The summed E-state index contributed by atoms with van der Waals surface area (Å²) in [6.45, 7) is 8.21. The fourth-order valence-corrected chi connectivity index (χ4v) is 3.41. The van der Waals surface area contributed by atoms with Crippen LogP contribution in [0, 0.1) is 5.41 Å². The first-order valence-corrected chi connectivity index (χ1v) is 8.12. The van der Waals surface area contributed by atoms with Crippen LogP contribution in [0.15, 0.2) is 0 Å². The molecular weight excluding hydrogens is 268 g/mol. The van der Waals surface area contributed by atoms with Crippen molar-refractivity contribution >= 4 is 12.0 Å². The number of carboxylic acid groups (broad SMARTS) is 1. The lowest BCUT2D eigenvalue weighted by Gasteiger charge is -2.46. The molecule has 5 heteroatoms. The molecule has 0 saturated carbocycles. The van der Waals surface area contributed by atoms with Crippen molar-refractivity contribution in [3.05, 3.63) is 0 Å². The van der Waals surface area contributed by atoms with Crippen LogP contribution in [0.4, 0.5) is 4.79 Å². The fraction of sp³-hybridized carbons (Fsp3) is 0.875. The first-order valence-electron chi connectivity index (χ1n) is 8.12. The maximum absolute atomic E-state index is 12.8. The summed E-state index contributed by atoms with van der Waals surface area (Å²) >= 11 is 0. The van der Waals surface area contributed by atoms with E-state index in [-0.39, 0.29) is 6.03 Å². The van der Waals surface area contributed by atoms with Crippen LogP contribution in [0.1, 0.15) is 59.3 Å². The van der Waals surface area contributed by atoms with E-state index in [9.17, 15) is 14.7 Å². The smallest absolute Gasteiger partial charge is 0.329 e. The first-order chi connectivity index (χ1) is 9.82. The molecule has 2 rings (SSSR count). The maximum Gasteiger partial charge on any atom is 0.329 e. The number of likely N-dealkylation sites (tertiary alicyclic amines) is 2. The molecule has 0 radical (unpaired) electrons. The molecule has 2 saturated heterocycles. The largest absolute Gasteiger partial charge is 0.480 e. The minimum atomic E-state index is -1.04. The predicted molar refractivity (Wildman–Crippen MR) is 81.2 cm³/mol. The molecule has 0 aliphatic carbocycles.